The average molecular weight is 287 g/mol. The van der Waals surface area contributed by atoms with Gasteiger partial charge in [-0.2, -0.15) is 0 Å². The Morgan fingerprint density at radius 2 is 1.94 bits per heavy atom. The minimum Gasteiger partial charge on any atom is -0.293 e. The topological polar surface area (TPSA) is 67.8 Å². The van der Waals surface area contributed by atoms with Crippen LogP contribution in [0.2, 0.25) is 0 Å². The first kappa shape index (κ1) is 13.0. The first-order valence-electron chi connectivity index (χ1n) is 5.29. The second-order valence-corrected chi connectivity index (χ2v) is 4.02. The van der Waals surface area contributed by atoms with Crippen LogP contribution in [-0.2, 0) is 17.6 Å². The van der Waals surface area contributed by atoms with E-state index < -0.39 is 0 Å². The molecule has 0 aliphatic carbocycles. The van der Waals surface area contributed by atoms with Gasteiger partial charge in [-0.3, -0.25) is 10.1 Å². The van der Waals surface area contributed by atoms with Gasteiger partial charge < -0.3 is 0 Å². The highest BCUT2D eigenvalue weighted by atomic mass is 79.9. The van der Waals surface area contributed by atoms with E-state index in [-0.39, 0.29) is 5.91 Å². The second kappa shape index (κ2) is 6.52. The molecule has 1 aromatic rings. The van der Waals surface area contributed by atoms with Crippen molar-refractivity contribution >= 4 is 27.8 Å². The van der Waals surface area contributed by atoms with Gasteiger partial charge in [0.25, 0.3) is 0 Å². The molecule has 0 radical (unpaired) electrons. The van der Waals surface area contributed by atoms with E-state index in [1.807, 2.05) is 13.8 Å². The van der Waals surface area contributed by atoms with Gasteiger partial charge in [0.15, 0.2) is 0 Å². The third-order valence-corrected chi connectivity index (χ3v) is 2.48. The molecule has 0 spiro atoms. The Morgan fingerprint density at radius 1 is 1.25 bits per heavy atom. The summed E-state index contributed by atoms with van der Waals surface area (Å²) in [5, 5.41) is 11.2. The molecule has 0 aliphatic rings. The van der Waals surface area contributed by atoms with Crippen molar-refractivity contribution in [3.05, 3.63) is 11.4 Å². The van der Waals surface area contributed by atoms with Gasteiger partial charge in [0.2, 0.25) is 11.9 Å². The number of carbonyl (C=O) groups is 1. The molecule has 0 saturated carbocycles. The van der Waals surface area contributed by atoms with Crippen LogP contribution < -0.4 is 5.32 Å². The molecule has 5 nitrogen and oxygen atoms in total. The van der Waals surface area contributed by atoms with Crippen molar-refractivity contribution in [2.24, 2.45) is 0 Å². The molecule has 0 bridgehead atoms. The first-order chi connectivity index (χ1) is 7.71. The van der Waals surface area contributed by atoms with Crippen molar-refractivity contribution < 1.29 is 4.79 Å². The maximum atomic E-state index is 11.3. The molecule has 0 unspecified atom stereocenters. The minimum atomic E-state index is -0.107. The number of anilines is 1. The van der Waals surface area contributed by atoms with E-state index in [1.165, 1.54) is 0 Å². The average Bonchev–Trinajstić information content (AvgIpc) is 2.29. The molecule has 0 fully saturated rings. The number of amides is 1. The smallest absolute Gasteiger partial charge is 0.249 e. The number of rotatable bonds is 5. The third kappa shape index (κ3) is 3.52. The van der Waals surface area contributed by atoms with Gasteiger partial charge in [0.1, 0.15) is 0 Å². The lowest BCUT2D eigenvalue weighted by molar-refractivity contribution is -0.115. The predicted octanol–water partition coefficient (Wildman–Crippen LogP) is 1.72. The predicted molar refractivity (Wildman–Crippen MR) is 65.6 cm³/mol. The fourth-order valence-corrected chi connectivity index (χ4v) is 1.62. The van der Waals surface area contributed by atoms with Crippen molar-refractivity contribution in [2.75, 3.05) is 10.6 Å². The first-order valence-corrected chi connectivity index (χ1v) is 6.41. The number of nitrogens with one attached hydrogen (secondary N) is 1. The highest BCUT2D eigenvalue weighted by Crippen LogP contribution is 2.07. The normalized spacial score (nSPS) is 10.2. The molecule has 1 rings (SSSR count). The lowest BCUT2D eigenvalue weighted by Gasteiger charge is -2.06. The molecule has 0 saturated heterocycles. The van der Waals surface area contributed by atoms with Crippen LogP contribution in [0.1, 0.15) is 31.7 Å². The van der Waals surface area contributed by atoms with Crippen LogP contribution in [0, 0.1) is 0 Å². The van der Waals surface area contributed by atoms with Gasteiger partial charge in [0, 0.05) is 11.8 Å². The highest BCUT2D eigenvalue weighted by molar-refractivity contribution is 9.09. The Labute approximate surface area is 103 Å². The van der Waals surface area contributed by atoms with Gasteiger partial charge in [-0.1, -0.05) is 29.8 Å². The van der Waals surface area contributed by atoms with E-state index in [0.29, 0.717) is 17.7 Å². The Bertz CT molecular complexity index is 370. The summed E-state index contributed by atoms with van der Waals surface area (Å²) in [5.41, 5.74) is 1.78. The monoisotopic (exact) mass is 286 g/mol. The van der Waals surface area contributed by atoms with Crippen molar-refractivity contribution in [2.45, 2.75) is 33.1 Å². The number of aryl methyl sites for hydroxylation is 2. The molecule has 1 heterocycles. The number of carbonyl (C=O) groups excluding carboxylic acids is 1. The fourth-order valence-electron chi connectivity index (χ4n) is 1.26. The zero-order chi connectivity index (χ0) is 12.0. The Kier molecular flexibility index (Phi) is 5.31. The fraction of sp³-hybridized carbons (Fsp3) is 0.600. The lowest BCUT2D eigenvalue weighted by Crippen LogP contribution is -2.16. The summed E-state index contributed by atoms with van der Waals surface area (Å²) in [6.45, 7) is 4.02. The maximum absolute atomic E-state index is 11.3. The number of hydrogen-bond acceptors (Lipinski definition) is 4. The highest BCUT2D eigenvalue weighted by Gasteiger charge is 2.08. The Balaban J connectivity index is 2.78. The zero-order valence-corrected chi connectivity index (χ0v) is 11.0. The van der Waals surface area contributed by atoms with Crippen LogP contribution in [0.15, 0.2) is 0 Å². The summed E-state index contributed by atoms with van der Waals surface area (Å²) in [6, 6.07) is 0. The van der Waals surface area contributed by atoms with Crippen LogP contribution >= 0.6 is 15.9 Å². The quantitative estimate of drug-likeness (QED) is 0.837. The maximum Gasteiger partial charge on any atom is 0.249 e. The molecule has 1 N–H and O–H groups in total. The summed E-state index contributed by atoms with van der Waals surface area (Å²) in [6.07, 6.45) is 2.00. The van der Waals surface area contributed by atoms with E-state index in [4.69, 9.17) is 0 Å². The van der Waals surface area contributed by atoms with E-state index >= 15 is 0 Å². The molecule has 0 atom stereocenters. The van der Waals surface area contributed by atoms with Crippen LogP contribution in [-0.4, -0.2) is 26.4 Å². The van der Waals surface area contributed by atoms with Crippen LogP contribution in [0.5, 0.6) is 0 Å². The molecule has 1 aromatic heterocycles. The summed E-state index contributed by atoms with van der Waals surface area (Å²) < 4.78 is 0. The van der Waals surface area contributed by atoms with Gasteiger partial charge in [0.05, 0.1) is 11.4 Å². The van der Waals surface area contributed by atoms with Crippen molar-refractivity contribution in [1.82, 2.24) is 15.2 Å². The summed E-state index contributed by atoms with van der Waals surface area (Å²) in [5.74, 6) is 0.185. The van der Waals surface area contributed by atoms with Crippen molar-refractivity contribution in [1.29, 1.82) is 0 Å². The largest absolute Gasteiger partial charge is 0.293 e. The van der Waals surface area contributed by atoms with E-state index in [0.717, 1.165) is 24.2 Å². The Morgan fingerprint density at radius 3 is 2.50 bits per heavy atom. The van der Waals surface area contributed by atoms with Crippen LogP contribution in [0.3, 0.4) is 0 Å². The molecular weight excluding hydrogens is 272 g/mol. The number of halogens is 1. The Hall–Kier alpha value is -1.04. The summed E-state index contributed by atoms with van der Waals surface area (Å²) in [7, 11) is 0. The molecule has 88 valence electrons. The third-order valence-electron chi connectivity index (χ3n) is 2.08. The number of nitrogens with zero attached hydrogens (tertiary/aromatic N) is 3. The van der Waals surface area contributed by atoms with Gasteiger partial charge in [-0.05, 0) is 12.8 Å². The standard InChI is InChI=1S/C10H15BrN4O/c1-3-7-8(4-2)14-15-10(12-7)13-9(16)5-6-11/h3-6H2,1-2H3,(H,12,13,15,16). The van der Waals surface area contributed by atoms with Crippen LogP contribution in [0.25, 0.3) is 0 Å². The molecule has 16 heavy (non-hydrogen) atoms. The van der Waals surface area contributed by atoms with E-state index in [9.17, 15) is 4.79 Å². The zero-order valence-electron chi connectivity index (χ0n) is 9.46. The molecular formula is C10H15BrN4O. The molecule has 0 aromatic carbocycles. The van der Waals surface area contributed by atoms with E-state index in [1.54, 1.807) is 0 Å². The van der Waals surface area contributed by atoms with Crippen molar-refractivity contribution in [3.63, 3.8) is 0 Å². The van der Waals surface area contributed by atoms with Gasteiger partial charge in [-0.15, -0.1) is 10.2 Å². The number of aromatic nitrogens is 3. The van der Waals surface area contributed by atoms with Crippen molar-refractivity contribution in [3.8, 4) is 0 Å². The van der Waals surface area contributed by atoms with E-state index in [2.05, 4.69) is 36.4 Å². The summed E-state index contributed by atoms with van der Waals surface area (Å²) in [4.78, 5) is 15.6. The summed E-state index contributed by atoms with van der Waals surface area (Å²) >= 11 is 3.20. The minimum absolute atomic E-state index is 0.107. The van der Waals surface area contributed by atoms with Gasteiger partial charge >= 0.3 is 0 Å². The molecule has 1 amide bonds. The lowest BCUT2D eigenvalue weighted by atomic mass is 10.2. The molecule has 6 heteroatoms. The SMILES string of the molecule is CCc1nnc(NC(=O)CCBr)nc1CC. The number of alkyl halides is 1. The van der Waals surface area contributed by atoms with Crippen LogP contribution in [0.4, 0.5) is 5.95 Å². The number of hydrogen-bond donors (Lipinski definition) is 1. The molecule has 0 aliphatic heterocycles. The van der Waals surface area contributed by atoms with Gasteiger partial charge in [-0.25, -0.2) is 4.98 Å². The second-order valence-electron chi connectivity index (χ2n) is 3.22.